The maximum absolute atomic E-state index is 12.9. The minimum atomic E-state index is -0.450. The minimum Gasteiger partial charge on any atom is -0.462 e. The third kappa shape index (κ3) is 4.27. The number of H-pyrrole nitrogens is 1. The van der Waals surface area contributed by atoms with E-state index in [2.05, 4.69) is 15.6 Å². The summed E-state index contributed by atoms with van der Waals surface area (Å²) in [5.41, 5.74) is 2.05. The number of hydrogen-bond acceptors (Lipinski definition) is 3. The largest absolute Gasteiger partial charge is 0.462 e. The maximum atomic E-state index is 12.9. The number of amides is 2. The summed E-state index contributed by atoms with van der Waals surface area (Å²) in [6.07, 6.45) is 3.34. The van der Waals surface area contributed by atoms with Crippen molar-refractivity contribution in [2.24, 2.45) is 0 Å². The van der Waals surface area contributed by atoms with Crippen LogP contribution in [-0.2, 0) is 4.79 Å². The zero-order chi connectivity index (χ0) is 20.2. The average Bonchev–Trinajstić information content (AvgIpc) is 3.36. The molecule has 4 rings (SSSR count). The van der Waals surface area contributed by atoms with E-state index in [0.717, 1.165) is 10.9 Å². The van der Waals surface area contributed by atoms with E-state index in [1.54, 1.807) is 36.4 Å². The fourth-order valence-corrected chi connectivity index (χ4v) is 2.94. The molecule has 29 heavy (non-hydrogen) atoms. The van der Waals surface area contributed by atoms with E-state index in [1.165, 1.54) is 6.08 Å². The number of fused-ring (bicyclic) bond motifs is 1. The van der Waals surface area contributed by atoms with Crippen molar-refractivity contribution in [3.8, 4) is 0 Å². The highest BCUT2D eigenvalue weighted by Gasteiger charge is 2.16. The van der Waals surface area contributed by atoms with E-state index in [1.807, 2.05) is 43.5 Å². The number of furan rings is 1. The Bertz CT molecular complexity index is 1200. The van der Waals surface area contributed by atoms with Gasteiger partial charge in [0.25, 0.3) is 11.8 Å². The van der Waals surface area contributed by atoms with Crippen LogP contribution in [0.3, 0.4) is 0 Å². The standard InChI is InChI=1S/C23H19N3O3/c1-15-7-10-19(29-15)14-21(26-22(27)17-5-3-2-4-6-17)23(28)25-18-9-8-16-11-12-24-20(16)13-18/h2-14,24H,1H3,(H,25,28)(H,26,27)/b21-14+. The lowest BCUT2D eigenvalue weighted by Gasteiger charge is -2.11. The first-order valence-corrected chi connectivity index (χ1v) is 9.11. The highest BCUT2D eigenvalue weighted by atomic mass is 16.3. The molecule has 0 saturated heterocycles. The SMILES string of the molecule is Cc1ccc(/C=C(/NC(=O)c2ccccc2)C(=O)Nc2ccc3cc[nH]c3c2)o1. The van der Waals surface area contributed by atoms with Crippen molar-refractivity contribution in [2.45, 2.75) is 6.92 Å². The van der Waals surface area contributed by atoms with Crippen LogP contribution in [0.2, 0.25) is 0 Å². The van der Waals surface area contributed by atoms with Gasteiger partial charge in [0.15, 0.2) is 0 Å². The molecule has 0 aliphatic heterocycles. The normalized spacial score (nSPS) is 11.4. The van der Waals surface area contributed by atoms with Crippen LogP contribution in [0.4, 0.5) is 5.69 Å². The summed E-state index contributed by atoms with van der Waals surface area (Å²) in [6, 6.07) is 19.7. The van der Waals surface area contributed by atoms with Crippen LogP contribution in [0.1, 0.15) is 21.9 Å². The maximum Gasteiger partial charge on any atom is 0.272 e. The molecule has 0 saturated carbocycles. The van der Waals surface area contributed by atoms with E-state index in [0.29, 0.717) is 22.8 Å². The molecule has 0 aliphatic rings. The molecule has 2 aromatic heterocycles. The summed E-state index contributed by atoms with van der Waals surface area (Å²) >= 11 is 0. The molecule has 144 valence electrons. The van der Waals surface area contributed by atoms with Crippen molar-refractivity contribution >= 4 is 34.5 Å². The zero-order valence-electron chi connectivity index (χ0n) is 15.7. The molecule has 3 N–H and O–H groups in total. The van der Waals surface area contributed by atoms with Gasteiger partial charge >= 0.3 is 0 Å². The lowest BCUT2D eigenvalue weighted by molar-refractivity contribution is -0.113. The summed E-state index contributed by atoms with van der Waals surface area (Å²) in [5, 5.41) is 6.55. The van der Waals surface area contributed by atoms with Gasteiger partial charge in [-0.05, 0) is 54.8 Å². The molecule has 2 heterocycles. The third-order valence-electron chi connectivity index (χ3n) is 4.39. The first-order chi connectivity index (χ1) is 14.1. The summed E-state index contributed by atoms with van der Waals surface area (Å²) < 4.78 is 5.54. The van der Waals surface area contributed by atoms with Gasteiger partial charge in [0, 0.05) is 29.0 Å². The molecule has 0 bridgehead atoms. The van der Waals surface area contributed by atoms with Crippen molar-refractivity contribution in [2.75, 3.05) is 5.32 Å². The molecular formula is C23H19N3O3. The second kappa shape index (κ2) is 7.90. The minimum absolute atomic E-state index is 0.0831. The highest BCUT2D eigenvalue weighted by Crippen LogP contribution is 2.19. The molecule has 0 atom stereocenters. The summed E-state index contributed by atoms with van der Waals surface area (Å²) in [6.45, 7) is 1.81. The smallest absolute Gasteiger partial charge is 0.272 e. The number of aromatic nitrogens is 1. The first-order valence-electron chi connectivity index (χ1n) is 9.11. The second-order valence-electron chi connectivity index (χ2n) is 6.56. The first kappa shape index (κ1) is 18.3. The van der Waals surface area contributed by atoms with E-state index >= 15 is 0 Å². The predicted octanol–water partition coefficient (Wildman–Crippen LogP) is 4.48. The lowest BCUT2D eigenvalue weighted by atomic mass is 10.2. The molecule has 0 aliphatic carbocycles. The Labute approximate surface area is 167 Å². The van der Waals surface area contributed by atoms with Gasteiger partial charge in [-0.3, -0.25) is 9.59 Å². The highest BCUT2D eigenvalue weighted by molar-refractivity contribution is 6.10. The quantitative estimate of drug-likeness (QED) is 0.443. The van der Waals surface area contributed by atoms with Crippen LogP contribution in [0.25, 0.3) is 17.0 Å². The number of aryl methyl sites for hydroxylation is 1. The molecule has 6 nitrogen and oxygen atoms in total. The van der Waals surface area contributed by atoms with Crippen LogP contribution >= 0.6 is 0 Å². The Kier molecular flexibility index (Phi) is 4.99. The number of benzene rings is 2. The molecule has 2 amide bonds. The zero-order valence-corrected chi connectivity index (χ0v) is 15.7. The number of nitrogens with one attached hydrogen (secondary N) is 3. The molecule has 0 spiro atoms. The van der Waals surface area contributed by atoms with Crippen LogP contribution in [0, 0.1) is 6.92 Å². The molecule has 6 heteroatoms. The molecule has 0 radical (unpaired) electrons. The molecule has 0 fully saturated rings. The fraction of sp³-hybridized carbons (Fsp3) is 0.0435. The van der Waals surface area contributed by atoms with Crippen molar-refractivity contribution in [3.05, 3.63) is 95.7 Å². The van der Waals surface area contributed by atoms with Gasteiger partial charge in [0.05, 0.1) is 0 Å². The number of carbonyl (C=O) groups excluding carboxylic acids is 2. The van der Waals surface area contributed by atoms with E-state index in [-0.39, 0.29) is 11.6 Å². The van der Waals surface area contributed by atoms with E-state index < -0.39 is 5.91 Å². The Morgan fingerprint density at radius 2 is 1.83 bits per heavy atom. The number of anilines is 1. The summed E-state index contributed by atoms with van der Waals surface area (Å²) in [7, 11) is 0. The topological polar surface area (TPSA) is 87.1 Å². The van der Waals surface area contributed by atoms with Crippen molar-refractivity contribution in [1.82, 2.24) is 10.3 Å². The van der Waals surface area contributed by atoms with Gasteiger partial charge < -0.3 is 20.0 Å². The Morgan fingerprint density at radius 1 is 1.00 bits per heavy atom. The number of aromatic amines is 1. The van der Waals surface area contributed by atoms with Gasteiger partial charge in [-0.15, -0.1) is 0 Å². The fourth-order valence-electron chi connectivity index (χ4n) is 2.94. The number of carbonyl (C=O) groups is 2. The average molecular weight is 385 g/mol. The summed E-state index contributed by atoms with van der Waals surface area (Å²) in [5.74, 6) is 0.354. The third-order valence-corrected chi connectivity index (χ3v) is 4.39. The predicted molar refractivity (Wildman–Crippen MR) is 112 cm³/mol. The van der Waals surface area contributed by atoms with Crippen molar-refractivity contribution in [1.29, 1.82) is 0 Å². The summed E-state index contributed by atoms with van der Waals surface area (Å²) in [4.78, 5) is 28.6. The number of rotatable bonds is 5. The lowest BCUT2D eigenvalue weighted by Crippen LogP contribution is -2.30. The Morgan fingerprint density at radius 3 is 2.59 bits per heavy atom. The molecule has 4 aromatic rings. The molecular weight excluding hydrogens is 366 g/mol. The molecule has 0 unspecified atom stereocenters. The van der Waals surface area contributed by atoms with Gasteiger partial charge in [-0.1, -0.05) is 24.3 Å². The second-order valence-corrected chi connectivity index (χ2v) is 6.56. The van der Waals surface area contributed by atoms with Crippen LogP contribution in [-0.4, -0.2) is 16.8 Å². The van der Waals surface area contributed by atoms with Gasteiger partial charge in [0.2, 0.25) is 0 Å². The number of hydrogen-bond donors (Lipinski definition) is 3. The molecule has 2 aromatic carbocycles. The van der Waals surface area contributed by atoms with Crippen LogP contribution in [0.15, 0.2) is 83.0 Å². The Balaban J connectivity index is 1.60. The van der Waals surface area contributed by atoms with Crippen LogP contribution < -0.4 is 10.6 Å². The van der Waals surface area contributed by atoms with E-state index in [9.17, 15) is 9.59 Å². The van der Waals surface area contributed by atoms with Gasteiger partial charge in [-0.2, -0.15) is 0 Å². The monoisotopic (exact) mass is 385 g/mol. The van der Waals surface area contributed by atoms with Gasteiger partial charge in [0.1, 0.15) is 17.2 Å². The Hall–Kier alpha value is -4.06. The van der Waals surface area contributed by atoms with Crippen molar-refractivity contribution < 1.29 is 14.0 Å². The van der Waals surface area contributed by atoms with E-state index in [4.69, 9.17) is 4.42 Å². The van der Waals surface area contributed by atoms with Crippen molar-refractivity contribution in [3.63, 3.8) is 0 Å². The van der Waals surface area contributed by atoms with Gasteiger partial charge in [-0.25, -0.2) is 0 Å². The van der Waals surface area contributed by atoms with Crippen LogP contribution in [0.5, 0.6) is 0 Å².